The average Bonchev–Trinajstić information content (AvgIpc) is 3.10. The Morgan fingerprint density at radius 3 is 2.79 bits per heavy atom. The highest BCUT2D eigenvalue weighted by atomic mass is 35.5. The molecule has 0 aliphatic carbocycles. The predicted octanol–water partition coefficient (Wildman–Crippen LogP) is 3.36. The maximum absolute atomic E-state index is 9.94. The molecule has 29 heavy (non-hydrogen) atoms. The van der Waals surface area contributed by atoms with Gasteiger partial charge in [-0.05, 0) is 24.1 Å². The number of unbranched alkanes of at least 4 members (excludes halogenated alkanes) is 1. The summed E-state index contributed by atoms with van der Waals surface area (Å²) in [7, 11) is 3.23. The number of hydrogen-bond acceptors (Lipinski definition) is 6. The number of aromatic amines is 1. The number of aryl methyl sites for hydroxylation is 1. The fourth-order valence-electron chi connectivity index (χ4n) is 3.79. The summed E-state index contributed by atoms with van der Waals surface area (Å²) in [4.78, 5) is 10.1. The van der Waals surface area contributed by atoms with Gasteiger partial charge in [-0.2, -0.15) is 0 Å². The van der Waals surface area contributed by atoms with Gasteiger partial charge in [-0.1, -0.05) is 31.0 Å². The normalized spacial score (nSPS) is 20.0. The van der Waals surface area contributed by atoms with Crippen LogP contribution in [0.4, 0.5) is 0 Å². The van der Waals surface area contributed by atoms with Gasteiger partial charge >= 0.3 is 0 Å². The van der Waals surface area contributed by atoms with Crippen molar-refractivity contribution in [2.75, 3.05) is 34.0 Å². The van der Waals surface area contributed by atoms with Crippen molar-refractivity contribution in [2.24, 2.45) is 0 Å². The van der Waals surface area contributed by atoms with E-state index in [1.165, 1.54) is 0 Å². The van der Waals surface area contributed by atoms with E-state index in [1.807, 2.05) is 18.2 Å². The highest BCUT2D eigenvalue weighted by Crippen LogP contribution is 2.36. The number of hydrogen-bond donors (Lipinski definition) is 2. The summed E-state index contributed by atoms with van der Waals surface area (Å²) in [6.07, 6.45) is 2.72. The van der Waals surface area contributed by atoms with Gasteiger partial charge < -0.3 is 24.3 Å². The highest BCUT2D eigenvalue weighted by molar-refractivity contribution is 6.30. The van der Waals surface area contributed by atoms with Crippen molar-refractivity contribution in [1.82, 2.24) is 14.9 Å². The Kier molecular flexibility index (Phi) is 7.77. The maximum Gasteiger partial charge on any atom is 0.161 e. The molecule has 1 aromatic heterocycles. The zero-order valence-electron chi connectivity index (χ0n) is 17.3. The molecular weight excluding hydrogens is 394 g/mol. The number of H-pyrrole nitrogens is 1. The summed E-state index contributed by atoms with van der Waals surface area (Å²) < 4.78 is 16.7. The van der Waals surface area contributed by atoms with Crippen LogP contribution < -0.4 is 9.47 Å². The second-order valence-corrected chi connectivity index (χ2v) is 7.54. The minimum atomic E-state index is -0.344. The number of morpholine rings is 1. The van der Waals surface area contributed by atoms with Gasteiger partial charge in [-0.3, -0.25) is 4.90 Å². The average molecular weight is 424 g/mol. The van der Waals surface area contributed by atoms with Crippen LogP contribution >= 0.6 is 11.6 Å². The molecule has 2 N–H and O–H groups in total. The van der Waals surface area contributed by atoms with E-state index in [0.717, 1.165) is 42.9 Å². The molecule has 8 heteroatoms. The van der Waals surface area contributed by atoms with E-state index >= 15 is 0 Å². The molecule has 2 aromatic rings. The molecule has 0 amide bonds. The molecule has 7 nitrogen and oxygen atoms in total. The number of aliphatic hydroxyl groups excluding tert-OH is 1. The molecule has 1 aromatic carbocycles. The van der Waals surface area contributed by atoms with Crippen molar-refractivity contribution in [2.45, 2.75) is 44.9 Å². The van der Waals surface area contributed by atoms with Gasteiger partial charge in [-0.15, -0.1) is 0 Å². The van der Waals surface area contributed by atoms with E-state index in [2.05, 4.69) is 21.8 Å². The second-order valence-electron chi connectivity index (χ2n) is 7.18. The monoisotopic (exact) mass is 423 g/mol. The summed E-state index contributed by atoms with van der Waals surface area (Å²) in [5.41, 5.74) is 1.88. The number of rotatable bonds is 9. The molecule has 1 fully saturated rings. The topological polar surface area (TPSA) is 79.8 Å². The van der Waals surface area contributed by atoms with Crippen LogP contribution in [-0.2, 0) is 17.7 Å². The number of methoxy groups -OCH3 is 2. The van der Waals surface area contributed by atoms with Crippen LogP contribution in [0.15, 0.2) is 18.2 Å². The van der Waals surface area contributed by atoms with Gasteiger partial charge in [0.05, 0.1) is 39.2 Å². The number of nitrogens with zero attached hydrogens (tertiary/aromatic N) is 2. The molecule has 0 unspecified atom stereocenters. The molecule has 160 valence electrons. The van der Waals surface area contributed by atoms with E-state index in [-0.39, 0.29) is 18.8 Å². The standard InChI is InChI=1S/C21H30ClN3O4/c1-4-5-6-19-23-15(21(22)24-19)12-25-9-10-29-18(13-26)20(25)14-7-8-16(27-2)17(11-14)28-3/h7-8,11,18,20,26H,4-6,9-10,12-13H2,1-3H3,(H,23,24)/t18-,20-/m1/s1. The van der Waals surface area contributed by atoms with E-state index in [9.17, 15) is 5.11 Å². The quantitative estimate of drug-likeness (QED) is 0.643. The Balaban J connectivity index is 1.87. The Labute approximate surface area is 176 Å². The Bertz CT molecular complexity index is 798. The third kappa shape index (κ3) is 5.04. The van der Waals surface area contributed by atoms with Crippen molar-refractivity contribution < 1.29 is 19.3 Å². The maximum atomic E-state index is 9.94. The minimum Gasteiger partial charge on any atom is -0.493 e. The predicted molar refractivity (Wildman–Crippen MR) is 112 cm³/mol. The Morgan fingerprint density at radius 2 is 2.10 bits per heavy atom. The summed E-state index contributed by atoms with van der Waals surface area (Å²) in [5.74, 6) is 2.23. The van der Waals surface area contributed by atoms with Crippen LogP contribution in [0, 0.1) is 0 Å². The lowest BCUT2D eigenvalue weighted by atomic mass is 9.97. The number of aliphatic hydroxyl groups is 1. The molecule has 0 radical (unpaired) electrons. The molecule has 2 atom stereocenters. The fourth-order valence-corrected chi connectivity index (χ4v) is 4.00. The molecule has 1 aliphatic heterocycles. The molecule has 2 heterocycles. The molecule has 1 saturated heterocycles. The smallest absolute Gasteiger partial charge is 0.161 e. The second kappa shape index (κ2) is 10.3. The third-order valence-electron chi connectivity index (χ3n) is 5.29. The van der Waals surface area contributed by atoms with Gasteiger partial charge in [0.1, 0.15) is 11.9 Å². The summed E-state index contributed by atoms with van der Waals surface area (Å²) in [5, 5.41) is 10.4. The fraction of sp³-hybridized carbons (Fsp3) is 0.571. The van der Waals surface area contributed by atoms with Gasteiger partial charge in [0, 0.05) is 19.5 Å². The van der Waals surface area contributed by atoms with E-state index in [0.29, 0.717) is 29.8 Å². The van der Waals surface area contributed by atoms with Crippen molar-refractivity contribution in [3.05, 3.63) is 40.4 Å². The van der Waals surface area contributed by atoms with Gasteiger partial charge in [0.2, 0.25) is 0 Å². The van der Waals surface area contributed by atoms with Crippen molar-refractivity contribution >= 4 is 11.6 Å². The Hall–Kier alpha value is -1.80. The Morgan fingerprint density at radius 1 is 1.31 bits per heavy atom. The first kappa shape index (κ1) is 21.9. The van der Waals surface area contributed by atoms with Crippen LogP contribution in [0.25, 0.3) is 0 Å². The highest BCUT2D eigenvalue weighted by Gasteiger charge is 2.34. The first-order chi connectivity index (χ1) is 14.1. The first-order valence-corrected chi connectivity index (χ1v) is 10.4. The molecule has 1 aliphatic rings. The molecule has 0 spiro atoms. The van der Waals surface area contributed by atoms with Crippen molar-refractivity contribution in [1.29, 1.82) is 0 Å². The van der Waals surface area contributed by atoms with Crippen LogP contribution in [0.2, 0.25) is 5.15 Å². The largest absolute Gasteiger partial charge is 0.493 e. The van der Waals surface area contributed by atoms with Gasteiger partial charge in [0.15, 0.2) is 16.7 Å². The lowest BCUT2D eigenvalue weighted by Crippen LogP contribution is -2.46. The SMILES string of the molecule is CCCCc1nc(Cl)c(CN2CCO[C@H](CO)[C@H]2c2ccc(OC)c(OC)c2)[nH]1. The molecular formula is C21H30ClN3O4. The number of benzene rings is 1. The molecule has 0 saturated carbocycles. The molecule has 3 rings (SSSR count). The summed E-state index contributed by atoms with van der Waals surface area (Å²) >= 11 is 6.41. The summed E-state index contributed by atoms with van der Waals surface area (Å²) in [6.45, 7) is 3.94. The zero-order valence-corrected chi connectivity index (χ0v) is 18.0. The number of halogens is 1. The van der Waals surface area contributed by atoms with E-state index in [4.69, 9.17) is 25.8 Å². The van der Waals surface area contributed by atoms with E-state index in [1.54, 1.807) is 14.2 Å². The number of nitrogens with one attached hydrogen (secondary N) is 1. The first-order valence-electron chi connectivity index (χ1n) is 10.0. The third-order valence-corrected chi connectivity index (χ3v) is 5.60. The summed E-state index contributed by atoms with van der Waals surface area (Å²) in [6, 6.07) is 5.65. The number of aromatic nitrogens is 2. The minimum absolute atomic E-state index is 0.0754. The van der Waals surface area contributed by atoms with Crippen LogP contribution in [-0.4, -0.2) is 60.1 Å². The van der Waals surface area contributed by atoms with Crippen LogP contribution in [0.1, 0.15) is 42.9 Å². The van der Waals surface area contributed by atoms with Crippen molar-refractivity contribution in [3.63, 3.8) is 0 Å². The van der Waals surface area contributed by atoms with Gasteiger partial charge in [0.25, 0.3) is 0 Å². The van der Waals surface area contributed by atoms with E-state index < -0.39 is 0 Å². The van der Waals surface area contributed by atoms with Crippen molar-refractivity contribution in [3.8, 4) is 11.5 Å². The van der Waals surface area contributed by atoms with Crippen LogP contribution in [0.5, 0.6) is 11.5 Å². The lowest BCUT2D eigenvalue weighted by molar-refractivity contribution is -0.0963. The van der Waals surface area contributed by atoms with Crippen LogP contribution in [0.3, 0.4) is 0 Å². The zero-order chi connectivity index (χ0) is 20.8. The van der Waals surface area contributed by atoms with Gasteiger partial charge in [-0.25, -0.2) is 4.98 Å². The lowest BCUT2D eigenvalue weighted by Gasteiger charge is -2.40. The number of imidazole rings is 1. The number of ether oxygens (including phenoxy) is 3. The molecule has 0 bridgehead atoms.